The van der Waals surface area contributed by atoms with Crippen molar-refractivity contribution in [1.82, 2.24) is 9.80 Å². The molecule has 0 saturated carbocycles. The minimum atomic E-state index is 0.634. The number of nitriles is 1. The summed E-state index contributed by atoms with van der Waals surface area (Å²) in [6, 6.07) is 1.95. The molecule has 0 N–H and O–H groups in total. The molecule has 0 saturated heterocycles. The Morgan fingerprint density at radius 1 is 1.21 bits per heavy atom. The van der Waals surface area contributed by atoms with Gasteiger partial charge in [-0.25, -0.2) is 4.99 Å². The molecule has 0 rings (SSSR count). The van der Waals surface area contributed by atoms with Gasteiger partial charge in [-0.15, -0.1) is 0 Å². The zero-order valence-electron chi connectivity index (χ0n) is 9.10. The van der Waals surface area contributed by atoms with E-state index in [-0.39, 0.29) is 0 Å². The second-order valence-electron chi connectivity index (χ2n) is 3.19. The van der Waals surface area contributed by atoms with Gasteiger partial charge < -0.3 is 9.80 Å². The number of aliphatic imine (C=N–C) groups is 1. The number of hydrogen-bond donors (Lipinski definition) is 0. The molecule has 0 aromatic heterocycles. The van der Waals surface area contributed by atoms with E-state index in [1.165, 1.54) is 6.08 Å². The Morgan fingerprint density at radius 3 is 2.29 bits per heavy atom. The average molecular weight is 192 g/mol. The average Bonchev–Trinajstić information content (AvgIpc) is 2.09. The summed E-state index contributed by atoms with van der Waals surface area (Å²) in [6.45, 7) is 0. The molecule has 0 spiro atoms. The molecule has 0 heterocycles. The van der Waals surface area contributed by atoms with Crippen LogP contribution in [0, 0.1) is 11.3 Å². The van der Waals surface area contributed by atoms with E-state index in [0.717, 1.165) is 0 Å². The highest BCUT2D eigenvalue weighted by molar-refractivity contribution is 5.56. The summed E-state index contributed by atoms with van der Waals surface area (Å²) in [5.74, 6) is 0. The predicted octanol–water partition coefficient (Wildman–Crippen LogP) is 1.06. The molecule has 0 aromatic rings. The van der Waals surface area contributed by atoms with E-state index in [2.05, 4.69) is 4.99 Å². The maximum atomic E-state index is 8.51. The van der Waals surface area contributed by atoms with Crippen LogP contribution < -0.4 is 0 Å². The lowest BCUT2D eigenvalue weighted by molar-refractivity contribution is 0.563. The van der Waals surface area contributed by atoms with E-state index in [0.29, 0.717) is 5.70 Å². The molecule has 0 fully saturated rings. The lowest BCUT2D eigenvalue weighted by Crippen LogP contribution is -2.07. The van der Waals surface area contributed by atoms with Crippen molar-refractivity contribution in [3.63, 3.8) is 0 Å². The van der Waals surface area contributed by atoms with Gasteiger partial charge in [-0.3, -0.25) is 0 Å². The van der Waals surface area contributed by atoms with Crippen molar-refractivity contribution in [2.45, 2.75) is 0 Å². The van der Waals surface area contributed by atoms with Gasteiger partial charge in [0.25, 0.3) is 0 Å². The number of allylic oxidation sites excluding steroid dienone is 2. The van der Waals surface area contributed by atoms with Gasteiger partial charge in [0.05, 0.1) is 18.1 Å². The second-order valence-corrected chi connectivity index (χ2v) is 3.19. The van der Waals surface area contributed by atoms with Crippen molar-refractivity contribution in [1.29, 1.82) is 5.26 Å². The zero-order valence-corrected chi connectivity index (χ0v) is 9.10. The van der Waals surface area contributed by atoms with Crippen LogP contribution in [0.1, 0.15) is 0 Å². The van der Waals surface area contributed by atoms with Gasteiger partial charge in [0.1, 0.15) is 0 Å². The Kier molecular flexibility index (Phi) is 5.88. The largest absolute Gasteiger partial charge is 0.383 e. The highest BCUT2D eigenvalue weighted by Crippen LogP contribution is 1.98. The number of rotatable bonds is 4. The Labute approximate surface area is 85.5 Å². The van der Waals surface area contributed by atoms with Crippen LogP contribution in [0.5, 0.6) is 0 Å². The lowest BCUT2D eigenvalue weighted by Gasteiger charge is -2.04. The summed E-state index contributed by atoms with van der Waals surface area (Å²) in [4.78, 5) is 7.81. The summed E-state index contributed by atoms with van der Waals surface area (Å²) in [5.41, 5.74) is 0.634. The molecule has 76 valence electrons. The standard InChI is InChI=1S/C10H16N4/c1-13(2)8-6-10(5-7-11)12-9-14(3)4/h5-6,8-9H,1-4H3/b8-6+,10-5-,12-9?. The molecule has 0 bridgehead atoms. The molecule has 0 aliphatic carbocycles. The second kappa shape index (κ2) is 6.72. The van der Waals surface area contributed by atoms with E-state index in [9.17, 15) is 0 Å². The van der Waals surface area contributed by atoms with E-state index in [1.807, 2.05) is 50.3 Å². The molecule has 4 nitrogen and oxygen atoms in total. The van der Waals surface area contributed by atoms with Gasteiger partial charge >= 0.3 is 0 Å². The Bertz CT molecular complexity index is 259. The first kappa shape index (κ1) is 12.2. The first-order chi connectivity index (χ1) is 6.56. The molecule has 0 aliphatic heterocycles. The summed E-state index contributed by atoms with van der Waals surface area (Å²) < 4.78 is 0. The van der Waals surface area contributed by atoms with Crippen LogP contribution in [0.15, 0.2) is 29.0 Å². The van der Waals surface area contributed by atoms with Crippen molar-refractivity contribution in [3.8, 4) is 6.07 Å². The summed E-state index contributed by atoms with van der Waals surface area (Å²) in [6.07, 6.45) is 6.68. The highest BCUT2D eigenvalue weighted by atomic mass is 15.1. The molecule has 0 atom stereocenters. The maximum Gasteiger partial charge on any atom is 0.0934 e. The molecular formula is C10H16N4. The summed E-state index contributed by atoms with van der Waals surface area (Å²) in [7, 11) is 7.58. The fourth-order valence-corrected chi connectivity index (χ4v) is 0.602. The predicted molar refractivity (Wildman–Crippen MR) is 58.7 cm³/mol. The Hall–Kier alpha value is -1.76. The minimum Gasteiger partial charge on any atom is -0.383 e. The third-order valence-corrected chi connectivity index (χ3v) is 1.19. The van der Waals surface area contributed by atoms with Gasteiger partial charge in [-0.05, 0) is 6.08 Å². The highest BCUT2D eigenvalue weighted by Gasteiger charge is 1.87. The molecule has 0 aliphatic rings. The quantitative estimate of drug-likeness (QED) is 0.289. The summed E-state index contributed by atoms with van der Waals surface area (Å²) in [5, 5.41) is 8.51. The molecule has 0 amide bonds. The third kappa shape index (κ3) is 6.92. The van der Waals surface area contributed by atoms with E-state index >= 15 is 0 Å². The fraction of sp³-hybridized carbons (Fsp3) is 0.400. The van der Waals surface area contributed by atoms with Crippen LogP contribution in [0.3, 0.4) is 0 Å². The molecule has 0 radical (unpaired) electrons. The SMILES string of the molecule is CN(C)C=NC(=C\C#N)/C=C/N(C)C. The van der Waals surface area contributed by atoms with Gasteiger partial charge in [0, 0.05) is 40.5 Å². The van der Waals surface area contributed by atoms with Crippen molar-refractivity contribution in [2.75, 3.05) is 28.2 Å². The Morgan fingerprint density at radius 2 is 1.86 bits per heavy atom. The molecular weight excluding hydrogens is 176 g/mol. The van der Waals surface area contributed by atoms with E-state index in [1.54, 1.807) is 12.4 Å². The topological polar surface area (TPSA) is 42.6 Å². The van der Waals surface area contributed by atoms with Crippen LogP contribution in [0.25, 0.3) is 0 Å². The van der Waals surface area contributed by atoms with Crippen molar-refractivity contribution >= 4 is 6.34 Å². The smallest absolute Gasteiger partial charge is 0.0934 e. The molecule has 14 heavy (non-hydrogen) atoms. The van der Waals surface area contributed by atoms with Crippen LogP contribution in [0.2, 0.25) is 0 Å². The molecule has 0 aromatic carbocycles. The van der Waals surface area contributed by atoms with Gasteiger partial charge in [-0.1, -0.05) is 0 Å². The van der Waals surface area contributed by atoms with Gasteiger partial charge in [0.15, 0.2) is 0 Å². The normalized spacial score (nSPS) is 12.1. The van der Waals surface area contributed by atoms with Crippen molar-refractivity contribution in [2.24, 2.45) is 4.99 Å². The van der Waals surface area contributed by atoms with Crippen LogP contribution in [0.4, 0.5) is 0 Å². The van der Waals surface area contributed by atoms with Crippen LogP contribution >= 0.6 is 0 Å². The maximum absolute atomic E-state index is 8.51. The zero-order chi connectivity index (χ0) is 11.0. The van der Waals surface area contributed by atoms with Crippen LogP contribution in [-0.4, -0.2) is 44.3 Å². The lowest BCUT2D eigenvalue weighted by atomic mass is 10.4. The number of hydrogen-bond acceptors (Lipinski definition) is 3. The van der Waals surface area contributed by atoms with Crippen molar-refractivity contribution in [3.05, 3.63) is 24.0 Å². The van der Waals surface area contributed by atoms with Crippen molar-refractivity contribution < 1.29 is 0 Å². The van der Waals surface area contributed by atoms with Gasteiger partial charge in [-0.2, -0.15) is 5.26 Å². The van der Waals surface area contributed by atoms with E-state index in [4.69, 9.17) is 5.26 Å². The molecule has 4 heteroatoms. The monoisotopic (exact) mass is 192 g/mol. The third-order valence-electron chi connectivity index (χ3n) is 1.19. The Balaban J connectivity index is 4.49. The minimum absolute atomic E-state index is 0.634. The van der Waals surface area contributed by atoms with Gasteiger partial charge in [0.2, 0.25) is 0 Å². The van der Waals surface area contributed by atoms with Crippen LogP contribution in [-0.2, 0) is 0 Å². The van der Waals surface area contributed by atoms with E-state index < -0.39 is 0 Å². The first-order valence-corrected chi connectivity index (χ1v) is 4.21. The first-order valence-electron chi connectivity index (χ1n) is 4.21. The summed E-state index contributed by atoms with van der Waals surface area (Å²) >= 11 is 0. The fourth-order valence-electron chi connectivity index (χ4n) is 0.602. The number of nitrogens with zero attached hydrogens (tertiary/aromatic N) is 4. The molecule has 0 unspecified atom stereocenters.